The first-order valence-electron chi connectivity index (χ1n) is 11.8. The van der Waals surface area contributed by atoms with Gasteiger partial charge in [-0.25, -0.2) is 0 Å². The minimum Gasteiger partial charge on any atom is -0.487 e. The highest BCUT2D eigenvalue weighted by atomic mass is 35.5. The molecule has 3 aromatic carbocycles. The molecule has 1 amide bonds. The first-order valence-corrected chi connectivity index (χ1v) is 12.2. The Morgan fingerprint density at radius 1 is 1.03 bits per heavy atom. The number of ketones is 1. The summed E-state index contributed by atoms with van der Waals surface area (Å²) in [5, 5.41) is 0.556. The Hall–Kier alpha value is -3.35. The smallest absolute Gasteiger partial charge is 0.249 e. The quantitative estimate of drug-likeness (QED) is 0.454. The number of carbonyl (C=O) groups is 2. The van der Waals surface area contributed by atoms with E-state index in [2.05, 4.69) is 0 Å². The Morgan fingerprint density at radius 3 is 2.57 bits per heavy atom. The second-order valence-electron chi connectivity index (χ2n) is 9.20. The van der Waals surface area contributed by atoms with Crippen LogP contribution in [-0.4, -0.2) is 49.8 Å². The number of hydrogen-bond acceptors (Lipinski definition) is 5. The highest BCUT2D eigenvalue weighted by molar-refractivity contribution is 6.31. The largest absolute Gasteiger partial charge is 0.487 e. The van der Waals surface area contributed by atoms with E-state index < -0.39 is 6.04 Å². The monoisotopic (exact) mass is 489 g/mol. The molecule has 2 aliphatic heterocycles. The molecule has 0 saturated carbocycles. The van der Waals surface area contributed by atoms with Gasteiger partial charge in [0.05, 0.1) is 24.0 Å². The summed E-state index contributed by atoms with van der Waals surface area (Å²) in [4.78, 5) is 32.9. The average Bonchev–Trinajstić information content (AvgIpc) is 3.25. The number of hydrogen-bond donors (Lipinski definition) is 0. The van der Waals surface area contributed by atoms with Crippen molar-refractivity contribution in [3.63, 3.8) is 0 Å². The van der Waals surface area contributed by atoms with Gasteiger partial charge in [0.15, 0.2) is 5.78 Å². The topological polar surface area (TPSA) is 53.1 Å². The van der Waals surface area contributed by atoms with Crippen molar-refractivity contribution in [2.45, 2.75) is 25.5 Å². The fourth-order valence-electron chi connectivity index (χ4n) is 4.82. The number of carbonyl (C=O) groups excluding carboxylic acids is 2. The van der Waals surface area contributed by atoms with E-state index >= 15 is 0 Å². The molecule has 1 fully saturated rings. The summed E-state index contributed by atoms with van der Waals surface area (Å²) in [5.74, 6) is 0.590. The number of nitrogens with zero attached hydrogens (tertiary/aromatic N) is 3. The molecular formula is C28H28ClN3O3. The Balaban J connectivity index is 1.43. The van der Waals surface area contributed by atoms with Gasteiger partial charge in [-0.3, -0.25) is 19.4 Å². The van der Waals surface area contributed by atoms with E-state index in [0.717, 1.165) is 23.4 Å². The van der Waals surface area contributed by atoms with Crippen LogP contribution in [0.25, 0.3) is 0 Å². The van der Waals surface area contributed by atoms with Gasteiger partial charge in [0.2, 0.25) is 5.91 Å². The summed E-state index contributed by atoms with van der Waals surface area (Å²) in [6.07, 6.45) is 1.55. The summed E-state index contributed by atoms with van der Waals surface area (Å²) in [7, 11) is 3.93. The minimum atomic E-state index is -0.405. The second kappa shape index (κ2) is 9.72. The zero-order chi connectivity index (χ0) is 24.5. The van der Waals surface area contributed by atoms with E-state index in [1.165, 1.54) is 0 Å². The molecule has 3 aromatic rings. The van der Waals surface area contributed by atoms with Crippen molar-refractivity contribution in [2.24, 2.45) is 0 Å². The molecule has 180 valence electrons. The summed E-state index contributed by atoms with van der Waals surface area (Å²) >= 11 is 6.35. The fourth-order valence-corrected chi connectivity index (χ4v) is 4.99. The van der Waals surface area contributed by atoms with Gasteiger partial charge in [0, 0.05) is 35.9 Å². The molecule has 2 aliphatic rings. The third kappa shape index (κ3) is 4.64. The maximum Gasteiger partial charge on any atom is 0.249 e. The Morgan fingerprint density at radius 2 is 1.80 bits per heavy atom. The molecule has 5 rings (SSSR count). The molecule has 0 N–H and O–H groups in total. The maximum atomic E-state index is 14.1. The third-order valence-electron chi connectivity index (χ3n) is 6.70. The lowest BCUT2D eigenvalue weighted by atomic mass is 10.1. The second-order valence-corrected chi connectivity index (χ2v) is 9.63. The van der Waals surface area contributed by atoms with Crippen LogP contribution in [0.4, 0.5) is 17.1 Å². The predicted octanol–water partition coefficient (Wildman–Crippen LogP) is 5.31. The molecule has 35 heavy (non-hydrogen) atoms. The first kappa shape index (κ1) is 23.4. The van der Waals surface area contributed by atoms with Crippen LogP contribution in [0.3, 0.4) is 0 Å². The van der Waals surface area contributed by atoms with Gasteiger partial charge in [-0.1, -0.05) is 29.8 Å². The maximum absolute atomic E-state index is 14.1. The number of Topliss-reactive ketones (excluding diaryl/α,β-unsaturated/α-hetero) is 1. The van der Waals surface area contributed by atoms with Gasteiger partial charge in [-0.15, -0.1) is 0 Å². The van der Waals surface area contributed by atoms with Crippen molar-refractivity contribution in [2.75, 3.05) is 37.0 Å². The summed E-state index contributed by atoms with van der Waals surface area (Å²) < 4.78 is 6.03. The van der Waals surface area contributed by atoms with Crippen molar-refractivity contribution >= 4 is 40.4 Å². The molecular weight excluding hydrogens is 462 g/mol. The molecule has 7 heteroatoms. The van der Waals surface area contributed by atoms with Crippen molar-refractivity contribution in [3.8, 4) is 5.75 Å². The molecule has 0 radical (unpaired) electrons. The Labute approximate surface area is 210 Å². The minimum absolute atomic E-state index is 0.0121. The molecule has 2 heterocycles. The van der Waals surface area contributed by atoms with Gasteiger partial charge in [-0.05, 0) is 67.9 Å². The molecule has 0 spiro atoms. The number of amides is 1. The fraction of sp³-hybridized carbons (Fsp3) is 0.286. The van der Waals surface area contributed by atoms with Crippen molar-refractivity contribution in [1.82, 2.24) is 4.90 Å². The van der Waals surface area contributed by atoms with Crippen LogP contribution in [0.5, 0.6) is 5.75 Å². The lowest BCUT2D eigenvalue weighted by Crippen LogP contribution is -2.45. The SMILES string of the molecule is CN(C)c1ccc(C(=O)CN2CCC[C@@H]2C(=O)N2c3cc(Cl)ccc3COc3ccccc32)cc1. The highest BCUT2D eigenvalue weighted by Gasteiger charge is 2.38. The molecule has 0 aromatic heterocycles. The summed E-state index contributed by atoms with van der Waals surface area (Å²) in [6.45, 7) is 1.25. The summed E-state index contributed by atoms with van der Waals surface area (Å²) in [6, 6.07) is 20.3. The zero-order valence-corrected chi connectivity index (χ0v) is 20.7. The molecule has 0 unspecified atom stereocenters. The average molecular weight is 490 g/mol. The van der Waals surface area contributed by atoms with E-state index in [0.29, 0.717) is 41.6 Å². The van der Waals surface area contributed by atoms with Crippen LogP contribution in [0.1, 0.15) is 28.8 Å². The highest BCUT2D eigenvalue weighted by Crippen LogP contribution is 2.41. The van der Waals surface area contributed by atoms with E-state index in [9.17, 15) is 9.59 Å². The van der Waals surface area contributed by atoms with Crippen LogP contribution >= 0.6 is 11.6 Å². The van der Waals surface area contributed by atoms with E-state index in [1.807, 2.05) is 90.6 Å². The van der Waals surface area contributed by atoms with Crippen LogP contribution < -0.4 is 14.5 Å². The number of halogens is 1. The van der Waals surface area contributed by atoms with Gasteiger partial charge < -0.3 is 9.64 Å². The Bertz CT molecular complexity index is 1260. The van der Waals surface area contributed by atoms with Crippen LogP contribution in [0, 0.1) is 0 Å². The van der Waals surface area contributed by atoms with Crippen molar-refractivity contribution < 1.29 is 14.3 Å². The standard InChI is InChI=1S/C28H28ClN3O3/c1-30(2)22-13-10-19(11-14-22)26(33)17-31-15-5-7-24(31)28(34)32-23-6-3-4-8-27(23)35-18-20-9-12-21(29)16-25(20)32/h3-4,6,8-14,16,24H,5,7,15,17-18H2,1-2H3/t24-/m1/s1. The van der Waals surface area contributed by atoms with Gasteiger partial charge in [-0.2, -0.15) is 0 Å². The van der Waals surface area contributed by atoms with Crippen LogP contribution in [-0.2, 0) is 11.4 Å². The van der Waals surface area contributed by atoms with Gasteiger partial charge in [0.1, 0.15) is 12.4 Å². The van der Waals surface area contributed by atoms with Crippen molar-refractivity contribution in [1.29, 1.82) is 0 Å². The number of para-hydroxylation sites is 2. The van der Waals surface area contributed by atoms with E-state index in [1.54, 1.807) is 4.90 Å². The Kier molecular flexibility index (Phi) is 6.50. The number of likely N-dealkylation sites (tertiary alicyclic amines) is 1. The molecule has 0 aliphatic carbocycles. The van der Waals surface area contributed by atoms with E-state index in [-0.39, 0.29) is 18.2 Å². The molecule has 1 saturated heterocycles. The first-order chi connectivity index (χ1) is 16.9. The molecule has 1 atom stereocenters. The lowest BCUT2D eigenvalue weighted by molar-refractivity contribution is -0.121. The summed E-state index contributed by atoms with van der Waals surface area (Å²) in [5.41, 5.74) is 4.00. The normalized spacial score (nSPS) is 17.2. The molecule has 0 bridgehead atoms. The predicted molar refractivity (Wildman–Crippen MR) is 139 cm³/mol. The van der Waals surface area contributed by atoms with Crippen LogP contribution in [0.2, 0.25) is 5.02 Å². The zero-order valence-electron chi connectivity index (χ0n) is 19.9. The number of rotatable bonds is 5. The van der Waals surface area contributed by atoms with Gasteiger partial charge in [0.25, 0.3) is 0 Å². The van der Waals surface area contributed by atoms with E-state index in [4.69, 9.17) is 16.3 Å². The van der Waals surface area contributed by atoms with Crippen molar-refractivity contribution in [3.05, 3.63) is 82.9 Å². The number of ether oxygens (including phenoxy) is 1. The number of benzene rings is 3. The lowest BCUT2D eigenvalue weighted by Gasteiger charge is -2.30. The number of anilines is 3. The van der Waals surface area contributed by atoms with Crippen LogP contribution in [0.15, 0.2) is 66.7 Å². The number of fused-ring (bicyclic) bond motifs is 2. The molecule has 6 nitrogen and oxygen atoms in total. The third-order valence-corrected chi connectivity index (χ3v) is 6.93. The van der Waals surface area contributed by atoms with Gasteiger partial charge >= 0.3 is 0 Å².